The molecular weight excluding hydrogens is 130 g/mol. The maximum Gasteiger partial charge on any atom is 0.314 e. The summed E-state index contributed by atoms with van der Waals surface area (Å²) >= 11 is 0. The van der Waals surface area contributed by atoms with Gasteiger partial charge >= 0.3 is 5.97 Å². The lowest BCUT2D eigenvalue weighted by Gasteiger charge is -2.03. The van der Waals surface area contributed by atoms with Crippen molar-refractivity contribution in [1.82, 2.24) is 0 Å². The molecule has 0 amide bonds. The normalized spacial score (nSPS) is 24.7. The van der Waals surface area contributed by atoms with Crippen molar-refractivity contribution in [2.24, 2.45) is 5.92 Å². The average molecular weight is 144 g/mol. The molecule has 1 heterocycles. The number of carbonyl (C=O) groups is 1. The van der Waals surface area contributed by atoms with Crippen LogP contribution in [0.15, 0.2) is 0 Å². The van der Waals surface area contributed by atoms with Crippen LogP contribution in [0.4, 0.5) is 0 Å². The Bertz CT molecular complexity index is 119. The molecule has 2 N–H and O–H groups in total. The van der Waals surface area contributed by atoms with E-state index in [0.717, 1.165) is 19.5 Å². The van der Waals surface area contributed by atoms with Gasteiger partial charge in [0.2, 0.25) is 0 Å². The Morgan fingerprint density at radius 3 is 3.10 bits per heavy atom. The molecule has 0 saturated carbocycles. The van der Waals surface area contributed by atoms with Gasteiger partial charge < -0.3 is 10.1 Å². The third kappa shape index (κ3) is 1.70. The summed E-state index contributed by atoms with van der Waals surface area (Å²) < 4.78 is 4.87. The average Bonchev–Trinajstić information content (AvgIpc) is 2.38. The van der Waals surface area contributed by atoms with E-state index in [-0.39, 0.29) is 11.9 Å². The SMILES string of the molecule is CCOC(=O)[C@H]1CC[NH2+]C1. The van der Waals surface area contributed by atoms with Gasteiger partial charge in [0.1, 0.15) is 5.92 Å². The largest absolute Gasteiger partial charge is 0.466 e. The van der Waals surface area contributed by atoms with Gasteiger partial charge in [-0.15, -0.1) is 0 Å². The molecule has 1 rings (SSSR count). The van der Waals surface area contributed by atoms with Crippen LogP contribution < -0.4 is 5.32 Å². The molecule has 1 saturated heterocycles. The number of nitrogens with two attached hydrogens (primary N) is 1. The third-order valence-electron chi connectivity index (χ3n) is 1.79. The van der Waals surface area contributed by atoms with Crippen molar-refractivity contribution in [3.63, 3.8) is 0 Å². The van der Waals surface area contributed by atoms with Crippen LogP contribution in [-0.4, -0.2) is 25.7 Å². The molecule has 0 aliphatic carbocycles. The Kier molecular flexibility index (Phi) is 2.68. The second-order valence-corrected chi connectivity index (χ2v) is 2.55. The number of rotatable bonds is 2. The van der Waals surface area contributed by atoms with Crippen LogP contribution in [0.5, 0.6) is 0 Å². The molecular formula is C7H14NO2+. The number of esters is 1. The zero-order valence-electron chi connectivity index (χ0n) is 6.30. The minimum atomic E-state index is -0.0174. The summed E-state index contributed by atoms with van der Waals surface area (Å²) in [6.07, 6.45) is 0.985. The molecule has 3 nitrogen and oxygen atoms in total. The molecule has 1 atom stereocenters. The van der Waals surface area contributed by atoms with Crippen molar-refractivity contribution in [3.05, 3.63) is 0 Å². The lowest BCUT2D eigenvalue weighted by atomic mass is 10.1. The molecule has 0 spiro atoms. The van der Waals surface area contributed by atoms with Crippen molar-refractivity contribution < 1.29 is 14.8 Å². The van der Waals surface area contributed by atoms with Gasteiger partial charge in [-0.25, -0.2) is 0 Å². The molecule has 10 heavy (non-hydrogen) atoms. The summed E-state index contributed by atoms with van der Waals surface area (Å²) in [5.41, 5.74) is 0. The summed E-state index contributed by atoms with van der Waals surface area (Å²) in [4.78, 5) is 11.0. The van der Waals surface area contributed by atoms with Crippen LogP contribution in [0.3, 0.4) is 0 Å². The standard InChI is InChI=1S/C7H13NO2/c1-2-10-7(9)6-3-4-8-5-6/h6,8H,2-5H2,1H3/p+1/t6-/m0/s1. The Morgan fingerprint density at radius 1 is 1.80 bits per heavy atom. The monoisotopic (exact) mass is 144 g/mol. The quantitative estimate of drug-likeness (QED) is 0.512. The minimum absolute atomic E-state index is 0.0174. The Morgan fingerprint density at radius 2 is 2.60 bits per heavy atom. The number of hydrogen-bond acceptors (Lipinski definition) is 2. The van der Waals surface area contributed by atoms with Crippen molar-refractivity contribution in [1.29, 1.82) is 0 Å². The molecule has 1 aliphatic heterocycles. The van der Waals surface area contributed by atoms with Crippen LogP contribution in [0, 0.1) is 5.92 Å². The fraction of sp³-hybridized carbons (Fsp3) is 0.857. The molecule has 0 aromatic heterocycles. The highest BCUT2D eigenvalue weighted by Crippen LogP contribution is 2.04. The van der Waals surface area contributed by atoms with E-state index in [1.807, 2.05) is 6.92 Å². The topological polar surface area (TPSA) is 42.9 Å². The Labute approximate surface area is 60.7 Å². The van der Waals surface area contributed by atoms with Crippen molar-refractivity contribution in [2.45, 2.75) is 13.3 Å². The van der Waals surface area contributed by atoms with Crippen LogP contribution in [0.1, 0.15) is 13.3 Å². The van der Waals surface area contributed by atoms with Gasteiger partial charge in [0.25, 0.3) is 0 Å². The molecule has 1 fully saturated rings. The Hall–Kier alpha value is -0.570. The van der Waals surface area contributed by atoms with Crippen molar-refractivity contribution >= 4 is 5.97 Å². The van der Waals surface area contributed by atoms with E-state index >= 15 is 0 Å². The first-order valence-electron chi connectivity index (χ1n) is 3.83. The second kappa shape index (κ2) is 3.56. The van der Waals surface area contributed by atoms with Crippen LogP contribution >= 0.6 is 0 Å². The molecule has 3 heteroatoms. The molecule has 0 unspecified atom stereocenters. The molecule has 0 aromatic carbocycles. The number of carbonyl (C=O) groups excluding carboxylic acids is 1. The number of hydrogen-bond donors (Lipinski definition) is 1. The summed E-state index contributed by atoms with van der Waals surface area (Å²) in [6, 6.07) is 0. The molecule has 0 aromatic rings. The van der Waals surface area contributed by atoms with Gasteiger partial charge in [0, 0.05) is 6.42 Å². The zero-order chi connectivity index (χ0) is 7.40. The summed E-state index contributed by atoms with van der Waals surface area (Å²) in [6.45, 7) is 4.34. The van der Waals surface area contributed by atoms with Crippen LogP contribution in [0.2, 0.25) is 0 Å². The van der Waals surface area contributed by atoms with E-state index in [1.165, 1.54) is 0 Å². The van der Waals surface area contributed by atoms with Crippen LogP contribution in [0.25, 0.3) is 0 Å². The van der Waals surface area contributed by atoms with E-state index in [4.69, 9.17) is 4.74 Å². The first kappa shape index (κ1) is 7.54. The molecule has 58 valence electrons. The van der Waals surface area contributed by atoms with Crippen molar-refractivity contribution in [3.8, 4) is 0 Å². The lowest BCUT2D eigenvalue weighted by molar-refractivity contribution is -0.637. The zero-order valence-corrected chi connectivity index (χ0v) is 6.30. The Balaban J connectivity index is 2.25. The van der Waals surface area contributed by atoms with Gasteiger partial charge in [-0.2, -0.15) is 0 Å². The highest BCUT2D eigenvalue weighted by Gasteiger charge is 2.26. The first-order chi connectivity index (χ1) is 4.84. The van der Waals surface area contributed by atoms with Gasteiger partial charge in [-0.3, -0.25) is 4.79 Å². The fourth-order valence-electron chi connectivity index (χ4n) is 1.23. The summed E-state index contributed by atoms with van der Waals surface area (Å²) in [5, 5.41) is 2.15. The first-order valence-corrected chi connectivity index (χ1v) is 3.83. The second-order valence-electron chi connectivity index (χ2n) is 2.55. The van der Waals surface area contributed by atoms with E-state index < -0.39 is 0 Å². The van der Waals surface area contributed by atoms with Crippen molar-refractivity contribution in [2.75, 3.05) is 19.7 Å². The molecule has 0 radical (unpaired) electrons. The van der Waals surface area contributed by atoms with E-state index in [9.17, 15) is 4.79 Å². The minimum Gasteiger partial charge on any atom is -0.466 e. The van der Waals surface area contributed by atoms with E-state index in [2.05, 4.69) is 5.32 Å². The molecule has 0 bridgehead atoms. The smallest absolute Gasteiger partial charge is 0.314 e. The lowest BCUT2D eigenvalue weighted by Crippen LogP contribution is -2.81. The summed E-state index contributed by atoms with van der Waals surface area (Å²) in [5.74, 6) is 0.149. The highest BCUT2D eigenvalue weighted by molar-refractivity contribution is 5.72. The van der Waals surface area contributed by atoms with E-state index in [0.29, 0.717) is 6.61 Å². The van der Waals surface area contributed by atoms with E-state index in [1.54, 1.807) is 0 Å². The van der Waals surface area contributed by atoms with Gasteiger partial charge in [-0.05, 0) is 6.92 Å². The maximum atomic E-state index is 11.0. The highest BCUT2D eigenvalue weighted by atomic mass is 16.5. The third-order valence-corrected chi connectivity index (χ3v) is 1.79. The predicted molar refractivity (Wildman–Crippen MR) is 36.4 cm³/mol. The maximum absolute atomic E-state index is 11.0. The van der Waals surface area contributed by atoms with Crippen LogP contribution in [-0.2, 0) is 9.53 Å². The fourth-order valence-corrected chi connectivity index (χ4v) is 1.23. The molecule has 1 aliphatic rings. The van der Waals surface area contributed by atoms with Gasteiger partial charge in [-0.1, -0.05) is 0 Å². The number of ether oxygens (including phenoxy) is 1. The van der Waals surface area contributed by atoms with Gasteiger partial charge in [0.15, 0.2) is 0 Å². The number of quaternary nitrogens is 1. The summed E-state index contributed by atoms with van der Waals surface area (Å²) in [7, 11) is 0. The van der Waals surface area contributed by atoms with Gasteiger partial charge in [0.05, 0.1) is 19.7 Å². The predicted octanol–water partition coefficient (Wildman–Crippen LogP) is -0.867.